The maximum absolute atomic E-state index is 14.2. The first-order valence-corrected chi connectivity index (χ1v) is 5.29. The number of rotatable bonds is 3. The molecule has 0 aromatic carbocycles. The number of ether oxygens (including phenoxy) is 1. The number of carbonyl (C=O) groups excluding carboxylic acids is 1. The van der Waals surface area contributed by atoms with Crippen LogP contribution < -0.4 is 10.8 Å². The van der Waals surface area contributed by atoms with Crippen LogP contribution in [0.15, 0.2) is 4.99 Å². The highest BCUT2D eigenvalue weighted by atomic mass is 19.1. The van der Waals surface area contributed by atoms with Gasteiger partial charge >= 0.3 is 0 Å². The number of aliphatic hydroxyl groups excluding tert-OH is 2. The minimum absolute atomic E-state index is 0.419. The van der Waals surface area contributed by atoms with E-state index in [4.69, 9.17) is 20.5 Å². The topological polar surface area (TPSA) is 147 Å². The van der Waals surface area contributed by atoms with Crippen LogP contribution in [0.5, 0.6) is 0 Å². The summed E-state index contributed by atoms with van der Waals surface area (Å²) in [6, 6.07) is 0. The quantitative estimate of drug-likeness (QED) is 0.198. The van der Waals surface area contributed by atoms with Crippen LogP contribution in [-0.2, 0) is 9.53 Å². The van der Waals surface area contributed by atoms with E-state index >= 15 is 0 Å². The van der Waals surface area contributed by atoms with Crippen molar-refractivity contribution in [2.45, 2.75) is 31.0 Å². The second kappa shape index (κ2) is 6.02. The van der Waals surface area contributed by atoms with Crippen LogP contribution in [0.25, 0.3) is 0 Å². The van der Waals surface area contributed by atoms with Gasteiger partial charge in [0.1, 0.15) is 12.2 Å². The van der Waals surface area contributed by atoms with Crippen molar-refractivity contribution < 1.29 is 29.3 Å². The summed E-state index contributed by atoms with van der Waals surface area (Å²) in [6.07, 6.45) is -3.89. The number of hydrogen-bond acceptors (Lipinski definition) is 7. The summed E-state index contributed by atoms with van der Waals surface area (Å²) < 4.78 is 19.1. The van der Waals surface area contributed by atoms with Crippen molar-refractivity contribution in [3.8, 4) is 0 Å². The second-order valence-electron chi connectivity index (χ2n) is 4.03. The van der Waals surface area contributed by atoms with E-state index in [0.717, 1.165) is 6.92 Å². The number of guanidine groups is 1. The number of amides is 1. The standard InChI is InChI=1S/C9H15FN4O5/c1-9(10)6(17)4(3-15)19-7(9)13-8(14-18)12-5(16)2-11/h2,4,6-7,11,15,17-18H,3H2,1H3,(H2,12,13,14,16)/t4-,6-,7-,9-/m1/s1. The minimum atomic E-state index is -2.31. The van der Waals surface area contributed by atoms with E-state index in [0.29, 0.717) is 6.21 Å². The lowest BCUT2D eigenvalue weighted by molar-refractivity contribution is -0.113. The molecule has 0 aliphatic carbocycles. The first kappa shape index (κ1) is 15.4. The number of hydroxylamine groups is 1. The zero-order valence-electron chi connectivity index (χ0n) is 10.00. The normalized spacial score (nSPS) is 35.0. The Bertz CT molecular complexity index is 389. The average Bonchev–Trinajstić information content (AvgIpc) is 2.60. The Kier molecular flexibility index (Phi) is 4.89. The fourth-order valence-corrected chi connectivity index (χ4v) is 1.54. The largest absolute Gasteiger partial charge is 0.394 e. The molecule has 1 aliphatic rings. The molecule has 1 amide bonds. The summed E-state index contributed by atoms with van der Waals surface area (Å²) in [5.74, 6) is -1.45. The summed E-state index contributed by atoms with van der Waals surface area (Å²) in [7, 11) is 0. The fraction of sp³-hybridized carbons (Fsp3) is 0.667. The van der Waals surface area contributed by atoms with Crippen LogP contribution in [0.3, 0.4) is 0 Å². The van der Waals surface area contributed by atoms with Crippen molar-refractivity contribution in [3.05, 3.63) is 0 Å². The molecule has 1 saturated heterocycles. The molecule has 4 atom stereocenters. The molecule has 1 rings (SSSR count). The molecule has 1 fully saturated rings. The lowest BCUT2D eigenvalue weighted by Crippen LogP contribution is -2.45. The predicted molar refractivity (Wildman–Crippen MR) is 60.6 cm³/mol. The predicted octanol–water partition coefficient (Wildman–Crippen LogP) is -2.11. The maximum Gasteiger partial charge on any atom is 0.268 e. The molecule has 9 nitrogen and oxygen atoms in total. The number of alkyl halides is 1. The number of nitrogens with zero attached hydrogens (tertiary/aromatic N) is 1. The van der Waals surface area contributed by atoms with E-state index in [1.807, 2.05) is 5.32 Å². The van der Waals surface area contributed by atoms with Crippen molar-refractivity contribution in [2.24, 2.45) is 4.99 Å². The SMILES string of the molecule is C[C@]1(F)[C@H](N=C(NO)NC(=O)C=N)O[C@H](CO)[C@H]1O. The van der Waals surface area contributed by atoms with Crippen LogP contribution in [0.1, 0.15) is 6.92 Å². The van der Waals surface area contributed by atoms with Crippen LogP contribution in [-0.4, -0.2) is 64.2 Å². The molecule has 6 N–H and O–H groups in total. The summed E-state index contributed by atoms with van der Waals surface area (Å²) in [5.41, 5.74) is -0.811. The Morgan fingerprint density at radius 2 is 2.32 bits per heavy atom. The zero-order chi connectivity index (χ0) is 14.6. The Hall–Kier alpha value is -1.62. The zero-order valence-corrected chi connectivity index (χ0v) is 10.00. The van der Waals surface area contributed by atoms with Gasteiger partial charge in [-0.25, -0.2) is 14.9 Å². The van der Waals surface area contributed by atoms with E-state index < -0.39 is 42.6 Å². The van der Waals surface area contributed by atoms with Crippen molar-refractivity contribution in [1.29, 1.82) is 5.41 Å². The molecule has 10 heteroatoms. The van der Waals surface area contributed by atoms with Gasteiger partial charge in [0.25, 0.3) is 5.91 Å². The molecule has 19 heavy (non-hydrogen) atoms. The van der Waals surface area contributed by atoms with Gasteiger partial charge in [-0.05, 0) is 6.92 Å². The van der Waals surface area contributed by atoms with E-state index in [1.165, 1.54) is 5.48 Å². The van der Waals surface area contributed by atoms with E-state index in [-0.39, 0.29) is 0 Å². The monoisotopic (exact) mass is 278 g/mol. The highest BCUT2D eigenvalue weighted by molar-refractivity contribution is 6.28. The minimum Gasteiger partial charge on any atom is -0.394 e. The van der Waals surface area contributed by atoms with Crippen LogP contribution in [0, 0.1) is 5.41 Å². The molecular weight excluding hydrogens is 263 g/mol. The Morgan fingerprint density at radius 3 is 2.74 bits per heavy atom. The smallest absolute Gasteiger partial charge is 0.268 e. The van der Waals surface area contributed by atoms with Crippen molar-refractivity contribution >= 4 is 18.1 Å². The molecule has 1 heterocycles. The molecule has 0 unspecified atom stereocenters. The van der Waals surface area contributed by atoms with Gasteiger partial charge in [0.2, 0.25) is 5.96 Å². The Labute approximate surface area is 107 Å². The highest BCUT2D eigenvalue weighted by Gasteiger charge is 2.54. The number of aliphatic imine (C=N–C) groups is 1. The molecule has 108 valence electrons. The average molecular weight is 278 g/mol. The van der Waals surface area contributed by atoms with Crippen molar-refractivity contribution in [2.75, 3.05) is 6.61 Å². The number of halogens is 1. The molecule has 0 saturated carbocycles. The van der Waals surface area contributed by atoms with Gasteiger partial charge in [-0.15, -0.1) is 0 Å². The van der Waals surface area contributed by atoms with Gasteiger partial charge in [0.15, 0.2) is 11.9 Å². The van der Waals surface area contributed by atoms with Crippen LogP contribution in [0.2, 0.25) is 0 Å². The molecule has 0 radical (unpaired) electrons. The van der Waals surface area contributed by atoms with Crippen LogP contribution in [0.4, 0.5) is 4.39 Å². The number of carbonyl (C=O) groups is 1. The highest BCUT2D eigenvalue weighted by Crippen LogP contribution is 2.34. The first-order valence-electron chi connectivity index (χ1n) is 5.29. The number of hydrogen-bond donors (Lipinski definition) is 6. The Morgan fingerprint density at radius 1 is 1.68 bits per heavy atom. The summed E-state index contributed by atoms with van der Waals surface area (Å²) >= 11 is 0. The number of aliphatic hydroxyl groups is 2. The summed E-state index contributed by atoms with van der Waals surface area (Å²) in [4.78, 5) is 14.4. The molecule has 0 spiro atoms. The third-order valence-corrected chi connectivity index (χ3v) is 2.62. The molecule has 0 bridgehead atoms. The van der Waals surface area contributed by atoms with Gasteiger partial charge in [-0.2, -0.15) is 0 Å². The number of nitrogens with one attached hydrogen (secondary N) is 3. The molecular formula is C9H15FN4O5. The van der Waals surface area contributed by atoms with Crippen molar-refractivity contribution in [3.63, 3.8) is 0 Å². The van der Waals surface area contributed by atoms with E-state index in [9.17, 15) is 14.3 Å². The lowest BCUT2D eigenvalue weighted by atomic mass is 9.99. The molecule has 0 aromatic rings. The van der Waals surface area contributed by atoms with E-state index in [2.05, 4.69) is 4.99 Å². The molecule has 1 aliphatic heterocycles. The van der Waals surface area contributed by atoms with Crippen LogP contribution >= 0.6 is 0 Å². The third-order valence-electron chi connectivity index (χ3n) is 2.62. The third kappa shape index (κ3) is 3.23. The van der Waals surface area contributed by atoms with E-state index in [1.54, 1.807) is 0 Å². The fourth-order valence-electron chi connectivity index (χ4n) is 1.54. The van der Waals surface area contributed by atoms with Gasteiger partial charge in [-0.1, -0.05) is 0 Å². The van der Waals surface area contributed by atoms with Crippen molar-refractivity contribution in [1.82, 2.24) is 10.8 Å². The second-order valence-corrected chi connectivity index (χ2v) is 4.03. The maximum atomic E-state index is 14.2. The summed E-state index contributed by atoms with van der Waals surface area (Å²) in [6.45, 7) is 0.399. The van der Waals surface area contributed by atoms with Gasteiger partial charge < -0.3 is 20.4 Å². The Balaban J connectivity index is 2.89. The van der Waals surface area contributed by atoms with Gasteiger partial charge in [0, 0.05) is 0 Å². The summed E-state index contributed by atoms with van der Waals surface area (Å²) in [5, 5.41) is 35.8. The first-order chi connectivity index (χ1) is 8.86. The lowest BCUT2D eigenvalue weighted by Gasteiger charge is -2.21. The van der Waals surface area contributed by atoms with Gasteiger partial charge in [0.05, 0.1) is 12.8 Å². The molecule has 0 aromatic heterocycles. The van der Waals surface area contributed by atoms with Gasteiger partial charge in [-0.3, -0.25) is 15.3 Å².